The van der Waals surface area contributed by atoms with Gasteiger partial charge in [0.05, 0.1) is 5.69 Å². The number of pyridine rings is 1. The van der Waals surface area contributed by atoms with Crippen molar-refractivity contribution in [3.8, 4) is 0 Å². The zero-order chi connectivity index (χ0) is 12.7. The molecule has 1 aromatic heterocycles. The molecule has 0 radical (unpaired) electrons. The topological polar surface area (TPSA) is 99.1 Å². The van der Waals surface area contributed by atoms with Crippen LogP contribution in [-0.2, 0) is 10.0 Å². The Morgan fingerprint density at radius 3 is 1.82 bits per heavy atom. The molecular weight excluding hydrogens is 238 g/mol. The number of primary sulfonamides is 1. The second kappa shape index (κ2) is 5.97. The number of para-hydroxylation sites is 1. The van der Waals surface area contributed by atoms with Gasteiger partial charge in [0.1, 0.15) is 4.90 Å². The van der Waals surface area contributed by atoms with Crippen LogP contribution in [0.5, 0.6) is 0 Å². The van der Waals surface area contributed by atoms with E-state index in [9.17, 15) is 8.42 Å². The van der Waals surface area contributed by atoms with Gasteiger partial charge < -0.3 is 5.73 Å². The molecule has 1 heterocycles. The molecule has 2 aromatic rings. The summed E-state index contributed by atoms with van der Waals surface area (Å²) < 4.78 is 21.5. The van der Waals surface area contributed by atoms with Crippen LogP contribution in [0.2, 0.25) is 0 Å². The first-order chi connectivity index (χ1) is 8.02. The number of anilines is 1. The molecule has 0 aliphatic carbocycles. The Balaban J connectivity index is 0.000000202. The molecule has 0 saturated carbocycles. The zero-order valence-electron chi connectivity index (χ0n) is 9.02. The Hall–Kier alpha value is -1.92. The second-order valence-electron chi connectivity index (χ2n) is 3.11. The SMILES string of the molecule is Nc1ccccc1S(N)(=O)=O.c1ccncc1. The smallest absolute Gasteiger partial charge is 0.240 e. The van der Waals surface area contributed by atoms with E-state index in [1.165, 1.54) is 12.1 Å². The molecule has 0 bridgehead atoms. The summed E-state index contributed by atoms with van der Waals surface area (Å²) in [5, 5.41) is 4.85. The van der Waals surface area contributed by atoms with Crippen molar-refractivity contribution in [1.29, 1.82) is 0 Å². The van der Waals surface area contributed by atoms with Crippen molar-refractivity contribution in [2.75, 3.05) is 5.73 Å². The number of sulfonamides is 1. The van der Waals surface area contributed by atoms with Gasteiger partial charge in [-0.1, -0.05) is 18.2 Å². The molecule has 5 nitrogen and oxygen atoms in total. The van der Waals surface area contributed by atoms with E-state index in [0.29, 0.717) is 0 Å². The van der Waals surface area contributed by atoms with Gasteiger partial charge in [-0.25, -0.2) is 13.6 Å². The molecule has 17 heavy (non-hydrogen) atoms. The van der Waals surface area contributed by atoms with Crippen LogP contribution in [0.15, 0.2) is 59.8 Å². The van der Waals surface area contributed by atoms with Gasteiger partial charge in [0.25, 0.3) is 0 Å². The molecule has 1 aromatic carbocycles. The van der Waals surface area contributed by atoms with Gasteiger partial charge >= 0.3 is 0 Å². The van der Waals surface area contributed by atoms with Crippen LogP contribution < -0.4 is 10.9 Å². The van der Waals surface area contributed by atoms with Crippen LogP contribution in [0.4, 0.5) is 5.69 Å². The highest BCUT2D eigenvalue weighted by atomic mass is 32.2. The summed E-state index contributed by atoms with van der Waals surface area (Å²) in [7, 11) is -3.66. The van der Waals surface area contributed by atoms with E-state index in [4.69, 9.17) is 10.9 Å². The summed E-state index contributed by atoms with van der Waals surface area (Å²) in [6.45, 7) is 0. The van der Waals surface area contributed by atoms with Crippen LogP contribution in [0, 0.1) is 0 Å². The lowest BCUT2D eigenvalue weighted by Crippen LogP contribution is -2.13. The fraction of sp³-hybridized carbons (Fsp3) is 0. The molecule has 0 fully saturated rings. The molecule has 0 unspecified atom stereocenters. The lowest BCUT2D eigenvalue weighted by atomic mass is 10.3. The van der Waals surface area contributed by atoms with Gasteiger partial charge in [0.2, 0.25) is 10.0 Å². The molecular formula is C11H13N3O2S. The van der Waals surface area contributed by atoms with Gasteiger partial charge in [-0.3, -0.25) is 4.98 Å². The minimum atomic E-state index is -3.66. The van der Waals surface area contributed by atoms with Crippen molar-refractivity contribution in [3.63, 3.8) is 0 Å². The number of hydrogen-bond acceptors (Lipinski definition) is 4. The standard InChI is InChI=1S/C6H8N2O2S.C5H5N/c7-5-3-1-2-4-6(5)11(8,9)10;1-2-4-6-5-3-1/h1-4H,7H2,(H2,8,9,10);1-5H. The summed E-state index contributed by atoms with van der Waals surface area (Å²) in [5.41, 5.74) is 5.52. The van der Waals surface area contributed by atoms with Crippen LogP contribution in [0.3, 0.4) is 0 Å². The number of hydrogen-bond donors (Lipinski definition) is 2. The van der Waals surface area contributed by atoms with Gasteiger partial charge in [0, 0.05) is 12.4 Å². The highest BCUT2D eigenvalue weighted by Crippen LogP contribution is 2.14. The first-order valence-electron chi connectivity index (χ1n) is 4.74. The second-order valence-corrected chi connectivity index (χ2v) is 4.64. The van der Waals surface area contributed by atoms with E-state index in [1.54, 1.807) is 24.5 Å². The Labute approximate surface area is 100 Å². The van der Waals surface area contributed by atoms with Crippen LogP contribution in [0.25, 0.3) is 0 Å². The largest absolute Gasteiger partial charge is 0.398 e. The highest BCUT2D eigenvalue weighted by Gasteiger charge is 2.09. The molecule has 0 atom stereocenters. The van der Waals surface area contributed by atoms with E-state index >= 15 is 0 Å². The fourth-order valence-corrected chi connectivity index (χ4v) is 1.72. The first kappa shape index (κ1) is 13.1. The number of aromatic nitrogens is 1. The Bertz CT molecular complexity index is 529. The predicted octanol–water partition coefficient (Wildman–Crippen LogP) is 0.998. The minimum absolute atomic E-state index is 0.0278. The number of nitrogen functional groups attached to an aromatic ring is 1. The summed E-state index contributed by atoms with van der Waals surface area (Å²) in [6.07, 6.45) is 3.50. The molecule has 0 aliphatic heterocycles. The Kier molecular flexibility index (Phi) is 4.62. The average Bonchev–Trinajstić information content (AvgIpc) is 2.31. The molecule has 0 amide bonds. The van der Waals surface area contributed by atoms with Crippen molar-refractivity contribution < 1.29 is 8.42 Å². The van der Waals surface area contributed by atoms with E-state index < -0.39 is 10.0 Å². The molecule has 4 N–H and O–H groups in total. The van der Waals surface area contributed by atoms with E-state index in [0.717, 1.165) is 0 Å². The molecule has 90 valence electrons. The number of rotatable bonds is 1. The maximum Gasteiger partial charge on any atom is 0.240 e. The van der Waals surface area contributed by atoms with Gasteiger partial charge in [-0.05, 0) is 24.3 Å². The van der Waals surface area contributed by atoms with E-state index in [-0.39, 0.29) is 10.6 Å². The number of nitrogens with two attached hydrogens (primary N) is 2. The molecule has 0 saturated heterocycles. The van der Waals surface area contributed by atoms with Crippen molar-refractivity contribution >= 4 is 15.7 Å². The van der Waals surface area contributed by atoms with Crippen LogP contribution in [0.1, 0.15) is 0 Å². The lowest BCUT2D eigenvalue weighted by Gasteiger charge is -2.00. The van der Waals surface area contributed by atoms with Gasteiger partial charge in [0.15, 0.2) is 0 Å². The monoisotopic (exact) mass is 251 g/mol. The quantitative estimate of drug-likeness (QED) is 0.738. The first-order valence-corrected chi connectivity index (χ1v) is 6.29. The van der Waals surface area contributed by atoms with Crippen molar-refractivity contribution in [1.82, 2.24) is 4.98 Å². The summed E-state index contributed by atoms with van der Waals surface area (Å²) in [6, 6.07) is 11.8. The zero-order valence-corrected chi connectivity index (χ0v) is 9.84. The summed E-state index contributed by atoms with van der Waals surface area (Å²) in [5.74, 6) is 0. The third kappa shape index (κ3) is 4.62. The average molecular weight is 251 g/mol. The normalized spacial score (nSPS) is 10.2. The van der Waals surface area contributed by atoms with Gasteiger partial charge in [-0.15, -0.1) is 0 Å². The number of benzene rings is 1. The maximum atomic E-state index is 10.8. The van der Waals surface area contributed by atoms with Crippen molar-refractivity contribution in [3.05, 3.63) is 54.9 Å². The molecule has 2 rings (SSSR count). The van der Waals surface area contributed by atoms with Crippen LogP contribution in [-0.4, -0.2) is 13.4 Å². The third-order valence-electron chi connectivity index (χ3n) is 1.79. The third-order valence-corrected chi connectivity index (χ3v) is 2.78. The Morgan fingerprint density at radius 2 is 1.53 bits per heavy atom. The minimum Gasteiger partial charge on any atom is -0.398 e. The van der Waals surface area contributed by atoms with Crippen molar-refractivity contribution in [2.24, 2.45) is 5.14 Å². The summed E-state index contributed by atoms with van der Waals surface area (Å²) in [4.78, 5) is 3.76. The fourth-order valence-electron chi connectivity index (χ4n) is 1.05. The maximum absolute atomic E-state index is 10.8. The summed E-state index contributed by atoms with van der Waals surface area (Å²) >= 11 is 0. The van der Waals surface area contributed by atoms with E-state index in [1.807, 2.05) is 18.2 Å². The molecule has 0 aliphatic rings. The van der Waals surface area contributed by atoms with E-state index in [2.05, 4.69) is 4.98 Å². The van der Waals surface area contributed by atoms with Crippen LogP contribution >= 0.6 is 0 Å². The lowest BCUT2D eigenvalue weighted by molar-refractivity contribution is 0.598. The highest BCUT2D eigenvalue weighted by molar-refractivity contribution is 7.89. The molecule has 6 heteroatoms. The van der Waals surface area contributed by atoms with Gasteiger partial charge in [-0.2, -0.15) is 0 Å². The Morgan fingerprint density at radius 1 is 0.941 bits per heavy atom. The predicted molar refractivity (Wildman–Crippen MR) is 66.5 cm³/mol. The number of nitrogens with zero attached hydrogens (tertiary/aromatic N) is 1. The van der Waals surface area contributed by atoms with Crippen molar-refractivity contribution in [2.45, 2.75) is 4.90 Å². The molecule has 0 spiro atoms.